The lowest BCUT2D eigenvalue weighted by Gasteiger charge is -2.39. The lowest BCUT2D eigenvalue weighted by molar-refractivity contribution is -0.194. The predicted octanol–water partition coefficient (Wildman–Crippen LogP) is 7.85. The Balaban J connectivity index is 4.60. The highest BCUT2D eigenvalue weighted by molar-refractivity contribution is 4.96. The Labute approximate surface area is 230 Å². The van der Waals surface area contributed by atoms with Gasteiger partial charge >= 0.3 is 0 Å². The van der Waals surface area contributed by atoms with Gasteiger partial charge in [0, 0.05) is 6.61 Å². The molecule has 0 spiro atoms. The molecule has 0 aliphatic carbocycles. The van der Waals surface area contributed by atoms with Gasteiger partial charge in [0.2, 0.25) is 0 Å². The molecule has 0 aliphatic rings. The minimum atomic E-state index is -1.75. The van der Waals surface area contributed by atoms with E-state index in [2.05, 4.69) is 20.8 Å². The molecule has 0 saturated heterocycles. The van der Waals surface area contributed by atoms with Crippen LogP contribution in [0, 0.1) is 0 Å². The molecule has 37 heavy (non-hydrogen) atoms. The number of hydrogen-bond donors (Lipinski definition) is 4. The summed E-state index contributed by atoms with van der Waals surface area (Å²) in [7, 11) is 0. The number of hydrogen-bond acceptors (Lipinski definition) is 5. The maximum absolute atomic E-state index is 11.4. The van der Waals surface area contributed by atoms with Crippen LogP contribution in [0.15, 0.2) is 0 Å². The Bertz CT molecular complexity index is 460. The van der Waals surface area contributed by atoms with E-state index in [0.717, 1.165) is 51.4 Å². The minimum absolute atomic E-state index is 0.00988. The van der Waals surface area contributed by atoms with E-state index in [-0.39, 0.29) is 13.0 Å². The quantitative estimate of drug-likeness (QED) is 0.0739. The smallest absolute Gasteiger partial charge is 0.121 e. The van der Waals surface area contributed by atoms with Gasteiger partial charge in [0.15, 0.2) is 0 Å². The fourth-order valence-corrected chi connectivity index (χ4v) is 5.18. The Morgan fingerprint density at radius 2 is 0.946 bits per heavy atom. The van der Waals surface area contributed by atoms with Crippen molar-refractivity contribution in [2.24, 2.45) is 0 Å². The third-order valence-corrected chi connectivity index (χ3v) is 7.91. The van der Waals surface area contributed by atoms with E-state index in [1.165, 1.54) is 83.5 Å². The highest BCUT2D eigenvalue weighted by Crippen LogP contribution is 2.28. The van der Waals surface area contributed by atoms with Gasteiger partial charge in [-0.15, -0.1) is 0 Å². The molecule has 0 aromatic rings. The van der Waals surface area contributed by atoms with Gasteiger partial charge < -0.3 is 25.2 Å². The summed E-state index contributed by atoms with van der Waals surface area (Å²) >= 11 is 0. The molecule has 1 unspecified atom stereocenters. The average molecular weight is 531 g/mol. The number of rotatable bonds is 29. The molecule has 4 N–H and O–H groups in total. The maximum Gasteiger partial charge on any atom is 0.121 e. The number of aliphatic hydroxyl groups excluding tert-OH is 3. The van der Waals surface area contributed by atoms with Crippen LogP contribution in [0.2, 0.25) is 0 Å². The normalized spacial score (nSPS) is 16.0. The van der Waals surface area contributed by atoms with Crippen molar-refractivity contribution in [1.29, 1.82) is 0 Å². The van der Waals surface area contributed by atoms with Crippen molar-refractivity contribution in [2.75, 3.05) is 13.2 Å². The van der Waals surface area contributed by atoms with Gasteiger partial charge in [0.05, 0.1) is 12.7 Å². The summed E-state index contributed by atoms with van der Waals surface area (Å²) in [6.07, 6.45) is 21.1. The summed E-state index contributed by atoms with van der Waals surface area (Å²) in [6.45, 7) is 7.18. The summed E-state index contributed by atoms with van der Waals surface area (Å²) in [6, 6.07) is 0. The summed E-state index contributed by atoms with van der Waals surface area (Å²) < 4.78 is 5.71. The van der Waals surface area contributed by atoms with Crippen LogP contribution in [-0.2, 0) is 4.74 Å². The van der Waals surface area contributed by atoms with Crippen LogP contribution in [0.25, 0.3) is 0 Å². The SMILES string of the molecule is CCCCCCCCCOC[C@@H](O)[C@@](O)(CCCCCCCCC)[C@@H](O)C(O)CCCCCCCCC. The van der Waals surface area contributed by atoms with E-state index in [1.807, 2.05) is 0 Å². The molecule has 0 heterocycles. The van der Waals surface area contributed by atoms with Crippen LogP contribution in [0.5, 0.6) is 0 Å². The lowest BCUT2D eigenvalue weighted by Crippen LogP contribution is -2.58. The summed E-state index contributed by atoms with van der Waals surface area (Å²) in [5.41, 5.74) is -1.75. The topological polar surface area (TPSA) is 90.2 Å². The Morgan fingerprint density at radius 3 is 1.43 bits per heavy atom. The fourth-order valence-electron chi connectivity index (χ4n) is 5.18. The van der Waals surface area contributed by atoms with Gasteiger partial charge in [-0.3, -0.25) is 0 Å². The zero-order chi connectivity index (χ0) is 27.6. The molecule has 0 radical (unpaired) electrons. The minimum Gasteiger partial charge on any atom is -0.390 e. The monoisotopic (exact) mass is 530 g/mol. The van der Waals surface area contributed by atoms with Crippen molar-refractivity contribution in [3.8, 4) is 0 Å². The first-order valence-electron chi connectivity index (χ1n) is 16.3. The van der Waals surface area contributed by atoms with Crippen LogP contribution in [0.4, 0.5) is 0 Å². The first kappa shape index (κ1) is 36.8. The van der Waals surface area contributed by atoms with Crippen LogP contribution < -0.4 is 0 Å². The maximum atomic E-state index is 11.4. The second-order valence-corrected chi connectivity index (χ2v) is 11.5. The molecule has 0 aliphatic heterocycles. The number of ether oxygens (including phenoxy) is 1. The zero-order valence-corrected chi connectivity index (χ0v) is 25.1. The van der Waals surface area contributed by atoms with Gasteiger partial charge in [-0.1, -0.05) is 149 Å². The molecule has 0 amide bonds. The van der Waals surface area contributed by atoms with Gasteiger partial charge in [-0.05, 0) is 19.3 Å². The largest absolute Gasteiger partial charge is 0.390 e. The first-order chi connectivity index (χ1) is 17.9. The van der Waals surface area contributed by atoms with E-state index in [0.29, 0.717) is 13.0 Å². The molecule has 0 aromatic heterocycles. The van der Waals surface area contributed by atoms with Crippen molar-refractivity contribution in [2.45, 2.75) is 192 Å². The highest BCUT2D eigenvalue weighted by atomic mass is 16.5. The van der Waals surface area contributed by atoms with Crippen molar-refractivity contribution < 1.29 is 25.2 Å². The summed E-state index contributed by atoms with van der Waals surface area (Å²) in [5, 5.41) is 44.0. The van der Waals surface area contributed by atoms with Crippen LogP contribution in [0.1, 0.15) is 168 Å². The molecule has 5 heteroatoms. The van der Waals surface area contributed by atoms with Gasteiger partial charge in [0.1, 0.15) is 17.8 Å². The van der Waals surface area contributed by atoms with Crippen LogP contribution in [-0.4, -0.2) is 57.6 Å². The molecular weight excluding hydrogens is 464 g/mol. The van der Waals surface area contributed by atoms with Crippen molar-refractivity contribution in [3.05, 3.63) is 0 Å². The van der Waals surface area contributed by atoms with Gasteiger partial charge in [-0.25, -0.2) is 0 Å². The Morgan fingerprint density at radius 1 is 0.541 bits per heavy atom. The van der Waals surface area contributed by atoms with E-state index < -0.39 is 23.9 Å². The third kappa shape index (κ3) is 19.5. The molecule has 224 valence electrons. The first-order valence-corrected chi connectivity index (χ1v) is 16.3. The second kappa shape index (κ2) is 26.0. The Hall–Kier alpha value is -0.200. The average Bonchev–Trinajstić information content (AvgIpc) is 2.90. The van der Waals surface area contributed by atoms with E-state index in [9.17, 15) is 20.4 Å². The molecule has 4 atom stereocenters. The molecule has 5 nitrogen and oxygen atoms in total. The third-order valence-electron chi connectivity index (χ3n) is 7.91. The zero-order valence-electron chi connectivity index (χ0n) is 25.1. The Kier molecular flexibility index (Phi) is 25.9. The van der Waals surface area contributed by atoms with Crippen molar-refractivity contribution in [1.82, 2.24) is 0 Å². The second-order valence-electron chi connectivity index (χ2n) is 11.5. The van der Waals surface area contributed by atoms with Gasteiger partial charge in [0.25, 0.3) is 0 Å². The lowest BCUT2D eigenvalue weighted by atomic mass is 9.81. The molecule has 0 saturated carbocycles. The van der Waals surface area contributed by atoms with Crippen molar-refractivity contribution in [3.63, 3.8) is 0 Å². The summed E-state index contributed by atoms with van der Waals surface area (Å²) in [5.74, 6) is 0. The van der Waals surface area contributed by atoms with Crippen molar-refractivity contribution >= 4 is 0 Å². The van der Waals surface area contributed by atoms with Crippen LogP contribution in [0.3, 0.4) is 0 Å². The molecule has 0 bridgehead atoms. The van der Waals surface area contributed by atoms with E-state index in [1.54, 1.807) is 0 Å². The number of unbranched alkanes of at least 4 members (excludes halogenated alkanes) is 18. The standard InChI is InChI=1S/C32H66O5/c1-4-7-10-13-16-19-22-25-29(33)31(35)32(36,26-23-20-17-14-11-8-5-2)30(34)28-37-27-24-21-18-15-12-9-6-3/h29-31,33-36H,4-28H2,1-3H3/t29?,30-,31+,32+/m1/s1. The highest BCUT2D eigenvalue weighted by Gasteiger charge is 2.45. The molecular formula is C32H66O5. The van der Waals surface area contributed by atoms with E-state index in [4.69, 9.17) is 4.74 Å². The predicted molar refractivity (Wildman–Crippen MR) is 157 cm³/mol. The fraction of sp³-hybridized carbons (Fsp3) is 1.00. The molecule has 0 fully saturated rings. The number of aliphatic hydroxyl groups is 4. The summed E-state index contributed by atoms with van der Waals surface area (Å²) in [4.78, 5) is 0. The van der Waals surface area contributed by atoms with Gasteiger partial charge in [-0.2, -0.15) is 0 Å². The van der Waals surface area contributed by atoms with Crippen LogP contribution >= 0.6 is 0 Å². The molecule has 0 rings (SSSR count). The molecule has 0 aromatic carbocycles. The van der Waals surface area contributed by atoms with E-state index >= 15 is 0 Å².